The number of rotatable bonds is 4. The Kier molecular flexibility index (Phi) is 3.96. The van der Waals surface area contributed by atoms with Crippen LogP contribution in [-0.4, -0.2) is 5.11 Å². The second-order valence-electron chi connectivity index (χ2n) is 4.16. The molecule has 2 nitrogen and oxygen atoms in total. The maximum Gasteiger partial charge on any atom is 0.0790 e. The average Bonchev–Trinajstić information content (AvgIpc) is 2.14. The van der Waals surface area contributed by atoms with E-state index < -0.39 is 0 Å². The molecule has 0 fully saturated rings. The fourth-order valence-electron chi connectivity index (χ4n) is 1.42. The van der Waals surface area contributed by atoms with Crippen LogP contribution in [0.4, 0.5) is 5.69 Å². The fraction of sp³-hybridized carbons (Fsp3) is 0.500. The van der Waals surface area contributed by atoms with E-state index in [4.69, 9.17) is 5.73 Å². The monoisotopic (exact) mass is 193 g/mol. The molecule has 1 atom stereocenters. The van der Waals surface area contributed by atoms with Gasteiger partial charge in [-0.15, -0.1) is 0 Å². The van der Waals surface area contributed by atoms with Crippen molar-refractivity contribution < 1.29 is 5.11 Å². The van der Waals surface area contributed by atoms with Gasteiger partial charge in [0.25, 0.3) is 0 Å². The minimum absolute atomic E-state index is 0.374. The minimum atomic E-state index is -0.374. The molecule has 1 rings (SSSR count). The Morgan fingerprint density at radius 2 is 2.00 bits per heavy atom. The molecule has 0 aromatic heterocycles. The Morgan fingerprint density at radius 1 is 1.29 bits per heavy atom. The molecule has 1 aromatic rings. The van der Waals surface area contributed by atoms with Gasteiger partial charge in [-0.05, 0) is 36.5 Å². The van der Waals surface area contributed by atoms with Crippen molar-refractivity contribution in [3.8, 4) is 0 Å². The molecule has 0 aliphatic rings. The van der Waals surface area contributed by atoms with Crippen molar-refractivity contribution in [2.24, 2.45) is 5.92 Å². The molecule has 0 heterocycles. The first-order chi connectivity index (χ1) is 6.59. The van der Waals surface area contributed by atoms with Crippen LogP contribution in [0.2, 0.25) is 0 Å². The van der Waals surface area contributed by atoms with Crippen LogP contribution in [0.15, 0.2) is 24.3 Å². The van der Waals surface area contributed by atoms with Gasteiger partial charge >= 0.3 is 0 Å². The van der Waals surface area contributed by atoms with Crippen LogP contribution in [-0.2, 0) is 0 Å². The van der Waals surface area contributed by atoms with E-state index in [-0.39, 0.29) is 6.10 Å². The zero-order valence-electron chi connectivity index (χ0n) is 8.90. The number of anilines is 1. The molecule has 0 saturated carbocycles. The third-order valence-corrected chi connectivity index (χ3v) is 2.31. The predicted molar refractivity (Wildman–Crippen MR) is 59.9 cm³/mol. The SMILES string of the molecule is CC(C)CCC(O)c1cccc(N)c1. The molecular weight excluding hydrogens is 174 g/mol. The maximum atomic E-state index is 9.84. The zero-order chi connectivity index (χ0) is 10.6. The molecule has 1 unspecified atom stereocenters. The second kappa shape index (κ2) is 5.01. The summed E-state index contributed by atoms with van der Waals surface area (Å²) < 4.78 is 0. The molecule has 0 aliphatic heterocycles. The zero-order valence-corrected chi connectivity index (χ0v) is 8.90. The highest BCUT2D eigenvalue weighted by molar-refractivity contribution is 5.41. The van der Waals surface area contributed by atoms with Crippen molar-refractivity contribution in [2.75, 3.05) is 5.73 Å². The Bertz CT molecular complexity index is 283. The molecule has 1 aromatic carbocycles. The van der Waals surface area contributed by atoms with Gasteiger partial charge in [0.05, 0.1) is 6.10 Å². The Labute approximate surface area is 85.8 Å². The molecule has 0 aliphatic carbocycles. The van der Waals surface area contributed by atoms with E-state index in [0.717, 1.165) is 18.4 Å². The van der Waals surface area contributed by atoms with Crippen molar-refractivity contribution in [1.29, 1.82) is 0 Å². The van der Waals surface area contributed by atoms with Crippen LogP contribution < -0.4 is 5.73 Å². The van der Waals surface area contributed by atoms with Crippen molar-refractivity contribution in [3.63, 3.8) is 0 Å². The van der Waals surface area contributed by atoms with E-state index in [9.17, 15) is 5.11 Å². The summed E-state index contributed by atoms with van der Waals surface area (Å²) >= 11 is 0. The summed E-state index contributed by atoms with van der Waals surface area (Å²) in [7, 11) is 0. The molecule has 0 bridgehead atoms. The standard InChI is InChI=1S/C12H19NO/c1-9(2)6-7-12(14)10-4-3-5-11(13)8-10/h3-5,8-9,12,14H,6-7,13H2,1-2H3. The molecule has 3 N–H and O–H groups in total. The van der Waals surface area contributed by atoms with Gasteiger partial charge in [-0.3, -0.25) is 0 Å². The van der Waals surface area contributed by atoms with Crippen molar-refractivity contribution in [3.05, 3.63) is 29.8 Å². The lowest BCUT2D eigenvalue weighted by molar-refractivity contribution is 0.159. The van der Waals surface area contributed by atoms with E-state index in [1.807, 2.05) is 24.3 Å². The highest BCUT2D eigenvalue weighted by atomic mass is 16.3. The highest BCUT2D eigenvalue weighted by Crippen LogP contribution is 2.21. The number of aliphatic hydroxyl groups is 1. The number of nitrogens with two attached hydrogens (primary N) is 1. The summed E-state index contributed by atoms with van der Waals surface area (Å²) in [6, 6.07) is 7.47. The van der Waals surface area contributed by atoms with Crippen LogP contribution in [0, 0.1) is 5.92 Å². The molecule has 2 heteroatoms. The Morgan fingerprint density at radius 3 is 2.57 bits per heavy atom. The van der Waals surface area contributed by atoms with E-state index >= 15 is 0 Å². The first-order valence-corrected chi connectivity index (χ1v) is 5.13. The smallest absolute Gasteiger partial charge is 0.0790 e. The summed E-state index contributed by atoms with van der Waals surface area (Å²) in [4.78, 5) is 0. The van der Waals surface area contributed by atoms with E-state index in [0.29, 0.717) is 11.6 Å². The quantitative estimate of drug-likeness (QED) is 0.722. The lowest BCUT2D eigenvalue weighted by Gasteiger charge is -2.12. The number of nitrogen functional groups attached to an aromatic ring is 1. The summed E-state index contributed by atoms with van der Waals surface area (Å²) in [5.74, 6) is 0.630. The van der Waals surface area contributed by atoms with Gasteiger partial charge in [-0.2, -0.15) is 0 Å². The van der Waals surface area contributed by atoms with Crippen LogP contribution in [0.25, 0.3) is 0 Å². The lowest BCUT2D eigenvalue weighted by atomic mass is 10.00. The summed E-state index contributed by atoms with van der Waals surface area (Å²) in [6.07, 6.45) is 1.47. The third kappa shape index (κ3) is 3.38. The third-order valence-electron chi connectivity index (χ3n) is 2.31. The number of hydrogen-bond acceptors (Lipinski definition) is 2. The summed E-state index contributed by atoms with van der Waals surface area (Å²) in [5.41, 5.74) is 7.28. The van der Waals surface area contributed by atoms with Crippen molar-refractivity contribution in [2.45, 2.75) is 32.8 Å². The fourth-order valence-corrected chi connectivity index (χ4v) is 1.42. The lowest BCUT2D eigenvalue weighted by Crippen LogP contribution is -2.00. The number of benzene rings is 1. The number of hydrogen-bond donors (Lipinski definition) is 2. The maximum absolute atomic E-state index is 9.84. The van der Waals surface area contributed by atoms with Crippen LogP contribution in [0.3, 0.4) is 0 Å². The van der Waals surface area contributed by atoms with Gasteiger partial charge in [0, 0.05) is 5.69 Å². The van der Waals surface area contributed by atoms with E-state index in [1.165, 1.54) is 0 Å². The molecule has 0 radical (unpaired) electrons. The first-order valence-electron chi connectivity index (χ1n) is 5.13. The summed E-state index contributed by atoms with van der Waals surface area (Å²) in [6.45, 7) is 4.32. The second-order valence-corrected chi connectivity index (χ2v) is 4.16. The van der Waals surface area contributed by atoms with Gasteiger partial charge in [0.15, 0.2) is 0 Å². The summed E-state index contributed by atoms with van der Waals surface area (Å²) in [5, 5.41) is 9.84. The van der Waals surface area contributed by atoms with Crippen molar-refractivity contribution >= 4 is 5.69 Å². The molecule has 14 heavy (non-hydrogen) atoms. The van der Waals surface area contributed by atoms with Gasteiger partial charge in [0.2, 0.25) is 0 Å². The van der Waals surface area contributed by atoms with E-state index in [1.54, 1.807) is 0 Å². The minimum Gasteiger partial charge on any atom is -0.399 e. The molecule has 78 valence electrons. The topological polar surface area (TPSA) is 46.2 Å². The van der Waals surface area contributed by atoms with Gasteiger partial charge in [0.1, 0.15) is 0 Å². The predicted octanol–water partition coefficient (Wildman–Crippen LogP) is 2.74. The highest BCUT2D eigenvalue weighted by Gasteiger charge is 2.08. The van der Waals surface area contributed by atoms with Gasteiger partial charge < -0.3 is 10.8 Å². The van der Waals surface area contributed by atoms with Gasteiger partial charge in [-0.1, -0.05) is 26.0 Å². The molecule has 0 amide bonds. The van der Waals surface area contributed by atoms with Crippen LogP contribution in [0.1, 0.15) is 38.4 Å². The van der Waals surface area contributed by atoms with E-state index in [2.05, 4.69) is 13.8 Å². The normalized spacial score (nSPS) is 13.1. The molecular formula is C12H19NO. The first kappa shape index (κ1) is 11.1. The molecule has 0 spiro atoms. The Hall–Kier alpha value is -1.02. The molecule has 0 saturated heterocycles. The van der Waals surface area contributed by atoms with Crippen LogP contribution >= 0.6 is 0 Å². The van der Waals surface area contributed by atoms with Gasteiger partial charge in [-0.25, -0.2) is 0 Å². The van der Waals surface area contributed by atoms with Crippen molar-refractivity contribution in [1.82, 2.24) is 0 Å². The average molecular weight is 193 g/mol. The largest absolute Gasteiger partial charge is 0.399 e. The van der Waals surface area contributed by atoms with Crippen LogP contribution in [0.5, 0.6) is 0 Å². The number of aliphatic hydroxyl groups excluding tert-OH is 1. The Balaban J connectivity index is 2.56.